The first-order valence-electron chi connectivity index (χ1n) is 7.50. The Bertz CT molecular complexity index is 571. The van der Waals surface area contributed by atoms with Crippen LogP contribution in [0.15, 0.2) is 12.1 Å². The number of pyridine rings is 1. The van der Waals surface area contributed by atoms with E-state index in [1.165, 1.54) is 19.4 Å². The fraction of sp³-hybridized carbons (Fsp3) is 0.600. The zero-order valence-electron chi connectivity index (χ0n) is 12.2. The fourth-order valence-corrected chi connectivity index (χ4v) is 3.01. The predicted octanol–water partition coefficient (Wildman–Crippen LogP) is 2.18. The lowest BCUT2D eigenvalue weighted by Gasteiger charge is -2.27. The Morgan fingerprint density at radius 2 is 2.30 bits per heavy atom. The molecule has 0 saturated carbocycles. The molecule has 5 heteroatoms. The van der Waals surface area contributed by atoms with Crippen molar-refractivity contribution in [3.8, 4) is 0 Å². The third kappa shape index (κ3) is 2.77. The molecule has 1 aliphatic rings. The lowest BCUT2D eigenvalue weighted by Crippen LogP contribution is -2.34. The van der Waals surface area contributed by atoms with E-state index in [2.05, 4.69) is 32.5 Å². The van der Waals surface area contributed by atoms with Gasteiger partial charge in [0.05, 0.1) is 5.52 Å². The molecular weight excluding hydrogens is 250 g/mol. The molecule has 3 rings (SSSR count). The van der Waals surface area contributed by atoms with Crippen LogP contribution in [0.1, 0.15) is 25.6 Å². The second kappa shape index (κ2) is 5.79. The monoisotopic (exact) mass is 273 g/mol. The van der Waals surface area contributed by atoms with E-state index < -0.39 is 0 Å². The molecule has 2 atom stereocenters. The molecule has 0 spiro atoms. The second-order valence-corrected chi connectivity index (χ2v) is 5.79. The zero-order valence-corrected chi connectivity index (χ0v) is 12.2. The number of aromatic nitrogens is 3. The first-order valence-corrected chi connectivity index (χ1v) is 7.50. The highest BCUT2D eigenvalue weighted by Crippen LogP contribution is 2.23. The average Bonchev–Trinajstić information content (AvgIpc) is 2.89. The first kappa shape index (κ1) is 13.4. The summed E-state index contributed by atoms with van der Waals surface area (Å²) in [4.78, 5) is 12.5. The summed E-state index contributed by atoms with van der Waals surface area (Å²) in [6.07, 6.45) is 3.62. The van der Waals surface area contributed by atoms with Gasteiger partial charge >= 0.3 is 0 Å². The van der Waals surface area contributed by atoms with Crippen molar-refractivity contribution in [2.75, 3.05) is 25.5 Å². The fourth-order valence-electron chi connectivity index (χ4n) is 3.01. The molecule has 1 fully saturated rings. The number of nitrogens with zero attached hydrogens (tertiary/aromatic N) is 2. The molecule has 108 valence electrons. The van der Waals surface area contributed by atoms with Crippen LogP contribution >= 0.6 is 0 Å². The summed E-state index contributed by atoms with van der Waals surface area (Å²) in [7, 11) is 1.87. The quantitative estimate of drug-likeness (QED) is 0.799. The molecular formula is C15H23N5. The number of fused-ring (bicyclic) bond motifs is 1. The third-order valence-corrected chi connectivity index (χ3v) is 4.31. The smallest absolute Gasteiger partial charge is 0.179 e. The highest BCUT2D eigenvalue weighted by Gasteiger charge is 2.21. The van der Waals surface area contributed by atoms with Gasteiger partial charge in [0.1, 0.15) is 11.6 Å². The Morgan fingerprint density at radius 3 is 3.05 bits per heavy atom. The Morgan fingerprint density at radius 1 is 1.40 bits per heavy atom. The van der Waals surface area contributed by atoms with Gasteiger partial charge < -0.3 is 15.6 Å². The molecule has 1 saturated heterocycles. The number of nitrogens with one attached hydrogen (secondary N) is 3. The van der Waals surface area contributed by atoms with Gasteiger partial charge in [-0.1, -0.05) is 6.92 Å². The van der Waals surface area contributed by atoms with Gasteiger partial charge in [-0.3, -0.25) is 0 Å². The number of imidazole rings is 1. The van der Waals surface area contributed by atoms with E-state index in [0.717, 1.165) is 41.7 Å². The van der Waals surface area contributed by atoms with Crippen LogP contribution in [-0.4, -0.2) is 35.1 Å². The van der Waals surface area contributed by atoms with E-state index in [1.807, 2.05) is 19.2 Å². The molecule has 0 aliphatic carbocycles. The van der Waals surface area contributed by atoms with Crippen molar-refractivity contribution in [1.82, 2.24) is 20.3 Å². The lowest BCUT2D eigenvalue weighted by molar-refractivity contribution is 0.276. The van der Waals surface area contributed by atoms with Crippen molar-refractivity contribution < 1.29 is 0 Å². The van der Waals surface area contributed by atoms with Crippen molar-refractivity contribution >= 4 is 17.0 Å². The van der Waals surface area contributed by atoms with Crippen LogP contribution in [0.4, 0.5) is 5.82 Å². The van der Waals surface area contributed by atoms with Crippen LogP contribution < -0.4 is 10.6 Å². The second-order valence-electron chi connectivity index (χ2n) is 5.79. The summed E-state index contributed by atoms with van der Waals surface area (Å²) >= 11 is 0. The molecule has 3 N–H and O–H groups in total. The van der Waals surface area contributed by atoms with E-state index in [9.17, 15) is 0 Å². The SMILES string of the molecule is CNc1ccc2[nH]c(CC(C)C3CCCNC3)nc2n1. The number of hydrogen-bond donors (Lipinski definition) is 3. The molecule has 2 aromatic heterocycles. The summed E-state index contributed by atoms with van der Waals surface area (Å²) in [6.45, 7) is 4.64. The number of piperidine rings is 1. The van der Waals surface area contributed by atoms with Gasteiger partial charge in [0.25, 0.3) is 0 Å². The first-order chi connectivity index (χ1) is 9.76. The van der Waals surface area contributed by atoms with Crippen LogP contribution in [0.3, 0.4) is 0 Å². The molecule has 0 amide bonds. The zero-order chi connectivity index (χ0) is 13.9. The van der Waals surface area contributed by atoms with E-state index in [1.54, 1.807) is 0 Å². The van der Waals surface area contributed by atoms with Crippen molar-refractivity contribution in [3.05, 3.63) is 18.0 Å². The molecule has 2 aromatic rings. The lowest BCUT2D eigenvalue weighted by atomic mass is 9.85. The van der Waals surface area contributed by atoms with Gasteiger partial charge in [-0.15, -0.1) is 0 Å². The summed E-state index contributed by atoms with van der Waals surface area (Å²) in [5.74, 6) is 3.32. The molecule has 5 nitrogen and oxygen atoms in total. The molecule has 0 aromatic carbocycles. The molecule has 2 unspecified atom stereocenters. The van der Waals surface area contributed by atoms with E-state index in [4.69, 9.17) is 0 Å². The molecule has 1 aliphatic heterocycles. The number of aromatic amines is 1. The molecule has 0 bridgehead atoms. The predicted molar refractivity (Wildman–Crippen MR) is 81.9 cm³/mol. The maximum atomic E-state index is 4.63. The van der Waals surface area contributed by atoms with Gasteiger partial charge in [0.15, 0.2) is 5.65 Å². The maximum absolute atomic E-state index is 4.63. The number of rotatable bonds is 4. The number of hydrogen-bond acceptors (Lipinski definition) is 4. The van der Waals surface area contributed by atoms with Crippen LogP contribution in [0.2, 0.25) is 0 Å². The summed E-state index contributed by atoms with van der Waals surface area (Å²) in [6, 6.07) is 4.01. The standard InChI is InChI=1S/C15H23N5/c1-10(11-4-3-7-17-9-11)8-14-18-12-5-6-13(16-2)19-15(12)20-14/h5-6,10-11,17H,3-4,7-9H2,1-2H3,(H2,16,18,19,20). The highest BCUT2D eigenvalue weighted by atomic mass is 15.0. The Balaban J connectivity index is 1.73. The van der Waals surface area contributed by atoms with Gasteiger partial charge in [0.2, 0.25) is 0 Å². The van der Waals surface area contributed by atoms with Crippen molar-refractivity contribution in [2.45, 2.75) is 26.2 Å². The normalized spacial score (nSPS) is 21.0. The van der Waals surface area contributed by atoms with Crippen LogP contribution in [-0.2, 0) is 6.42 Å². The van der Waals surface area contributed by atoms with Crippen molar-refractivity contribution in [3.63, 3.8) is 0 Å². The van der Waals surface area contributed by atoms with Gasteiger partial charge in [-0.05, 0) is 49.9 Å². The van der Waals surface area contributed by atoms with Crippen LogP contribution in [0, 0.1) is 11.8 Å². The Kier molecular flexibility index (Phi) is 3.87. The molecule has 0 radical (unpaired) electrons. The molecule has 20 heavy (non-hydrogen) atoms. The summed E-state index contributed by atoms with van der Waals surface area (Å²) < 4.78 is 0. The van der Waals surface area contributed by atoms with Gasteiger partial charge in [0, 0.05) is 13.5 Å². The summed E-state index contributed by atoms with van der Waals surface area (Å²) in [5.41, 5.74) is 1.83. The average molecular weight is 273 g/mol. The van der Waals surface area contributed by atoms with Crippen molar-refractivity contribution in [1.29, 1.82) is 0 Å². The summed E-state index contributed by atoms with van der Waals surface area (Å²) in [5, 5.41) is 6.54. The highest BCUT2D eigenvalue weighted by molar-refractivity contribution is 5.72. The number of anilines is 1. The van der Waals surface area contributed by atoms with E-state index in [-0.39, 0.29) is 0 Å². The van der Waals surface area contributed by atoms with E-state index >= 15 is 0 Å². The maximum Gasteiger partial charge on any atom is 0.179 e. The minimum atomic E-state index is 0.645. The minimum Gasteiger partial charge on any atom is -0.373 e. The van der Waals surface area contributed by atoms with Crippen molar-refractivity contribution in [2.24, 2.45) is 11.8 Å². The molecule has 3 heterocycles. The largest absolute Gasteiger partial charge is 0.373 e. The Labute approximate surface area is 119 Å². The third-order valence-electron chi connectivity index (χ3n) is 4.31. The van der Waals surface area contributed by atoms with Crippen LogP contribution in [0.25, 0.3) is 11.2 Å². The van der Waals surface area contributed by atoms with E-state index in [0.29, 0.717) is 5.92 Å². The number of H-pyrrole nitrogens is 1. The van der Waals surface area contributed by atoms with Crippen LogP contribution in [0.5, 0.6) is 0 Å². The van der Waals surface area contributed by atoms with Gasteiger partial charge in [-0.2, -0.15) is 0 Å². The van der Waals surface area contributed by atoms with Gasteiger partial charge in [-0.25, -0.2) is 9.97 Å². The Hall–Kier alpha value is -1.62. The minimum absolute atomic E-state index is 0.645. The topological polar surface area (TPSA) is 65.6 Å².